The molecule has 78 valence electrons. The number of nitrogens with zero attached hydrogens (tertiary/aromatic N) is 3. The first kappa shape index (κ1) is 10.3. The number of halogens is 1. The van der Waals surface area contributed by atoms with Crippen LogP contribution in [-0.4, -0.2) is 21.5 Å². The summed E-state index contributed by atoms with van der Waals surface area (Å²) in [6, 6.07) is 1.98. The van der Waals surface area contributed by atoms with Crippen LogP contribution in [0.25, 0.3) is 11.0 Å². The van der Waals surface area contributed by atoms with Gasteiger partial charge in [0.25, 0.3) is 0 Å². The number of aryl methyl sites for hydroxylation is 1. The first-order valence-corrected chi connectivity index (χ1v) is 5.53. The second-order valence-corrected chi connectivity index (χ2v) is 4.10. The Hall–Kier alpha value is -1.23. The second kappa shape index (κ2) is 4.10. The standard InChI is InChI=1S/C10H11BrN4/c1-3-12-10-14-6(2)8-4-7(11)5-13-9(8)15-10/h4-5H,3H2,1-2H3,(H,12,13,14,15). The van der Waals surface area contributed by atoms with E-state index in [-0.39, 0.29) is 0 Å². The van der Waals surface area contributed by atoms with Gasteiger partial charge in [-0.15, -0.1) is 0 Å². The molecule has 0 saturated carbocycles. The summed E-state index contributed by atoms with van der Waals surface area (Å²) in [4.78, 5) is 12.9. The Balaban J connectivity index is 2.62. The van der Waals surface area contributed by atoms with Crippen molar-refractivity contribution in [2.45, 2.75) is 13.8 Å². The third-order valence-corrected chi connectivity index (χ3v) is 2.48. The summed E-state index contributed by atoms with van der Waals surface area (Å²) in [5.74, 6) is 0.636. The molecule has 0 amide bonds. The van der Waals surface area contributed by atoms with E-state index in [0.717, 1.165) is 27.7 Å². The number of hydrogen-bond donors (Lipinski definition) is 1. The number of pyridine rings is 1. The molecule has 4 nitrogen and oxygen atoms in total. The van der Waals surface area contributed by atoms with Crippen molar-refractivity contribution in [2.24, 2.45) is 0 Å². The quantitative estimate of drug-likeness (QED) is 0.908. The zero-order chi connectivity index (χ0) is 10.8. The summed E-state index contributed by atoms with van der Waals surface area (Å²) >= 11 is 3.38. The Bertz CT molecular complexity index is 498. The van der Waals surface area contributed by atoms with Gasteiger partial charge in [0, 0.05) is 22.6 Å². The maximum absolute atomic E-state index is 4.35. The van der Waals surface area contributed by atoms with Crippen LogP contribution in [0.5, 0.6) is 0 Å². The van der Waals surface area contributed by atoms with E-state index in [1.165, 1.54) is 0 Å². The van der Waals surface area contributed by atoms with Crippen molar-refractivity contribution in [3.05, 3.63) is 22.4 Å². The van der Waals surface area contributed by atoms with Crippen molar-refractivity contribution >= 4 is 32.9 Å². The normalized spacial score (nSPS) is 10.6. The molecular weight excluding hydrogens is 256 g/mol. The Morgan fingerprint density at radius 1 is 1.40 bits per heavy atom. The molecule has 0 aliphatic rings. The second-order valence-electron chi connectivity index (χ2n) is 3.19. The molecule has 1 N–H and O–H groups in total. The number of nitrogens with one attached hydrogen (secondary N) is 1. The molecule has 0 fully saturated rings. The van der Waals surface area contributed by atoms with Gasteiger partial charge in [-0.05, 0) is 35.8 Å². The Morgan fingerprint density at radius 3 is 2.93 bits per heavy atom. The van der Waals surface area contributed by atoms with Crippen LogP contribution in [0.15, 0.2) is 16.7 Å². The highest BCUT2D eigenvalue weighted by molar-refractivity contribution is 9.10. The fourth-order valence-corrected chi connectivity index (χ4v) is 1.70. The molecule has 0 radical (unpaired) electrons. The van der Waals surface area contributed by atoms with Crippen molar-refractivity contribution in [1.82, 2.24) is 15.0 Å². The summed E-state index contributed by atoms with van der Waals surface area (Å²) < 4.78 is 0.943. The minimum Gasteiger partial charge on any atom is -0.354 e. The Morgan fingerprint density at radius 2 is 2.20 bits per heavy atom. The van der Waals surface area contributed by atoms with E-state index < -0.39 is 0 Å². The summed E-state index contributed by atoms with van der Waals surface area (Å²) in [7, 11) is 0. The maximum Gasteiger partial charge on any atom is 0.224 e. The van der Waals surface area contributed by atoms with Gasteiger partial charge in [-0.2, -0.15) is 4.98 Å². The largest absolute Gasteiger partial charge is 0.354 e. The molecule has 0 saturated heterocycles. The molecule has 0 aliphatic carbocycles. The average Bonchev–Trinajstić information content (AvgIpc) is 2.20. The van der Waals surface area contributed by atoms with Crippen molar-refractivity contribution in [3.63, 3.8) is 0 Å². The Labute approximate surface area is 96.3 Å². The number of fused-ring (bicyclic) bond motifs is 1. The molecule has 2 heterocycles. The number of aromatic nitrogens is 3. The summed E-state index contributed by atoms with van der Waals surface area (Å²) in [6.45, 7) is 4.78. The molecule has 5 heteroatoms. The molecule has 0 atom stereocenters. The minimum absolute atomic E-state index is 0.636. The molecule has 2 rings (SSSR count). The smallest absolute Gasteiger partial charge is 0.224 e. The lowest BCUT2D eigenvalue weighted by Gasteiger charge is -2.05. The van der Waals surface area contributed by atoms with Gasteiger partial charge in [0.15, 0.2) is 5.65 Å². The van der Waals surface area contributed by atoms with Crippen LogP contribution < -0.4 is 5.32 Å². The third kappa shape index (κ3) is 2.07. The lowest BCUT2D eigenvalue weighted by Crippen LogP contribution is -2.04. The predicted octanol–water partition coefficient (Wildman–Crippen LogP) is 2.53. The third-order valence-electron chi connectivity index (χ3n) is 2.04. The van der Waals surface area contributed by atoms with E-state index in [9.17, 15) is 0 Å². The van der Waals surface area contributed by atoms with Crippen molar-refractivity contribution < 1.29 is 0 Å². The zero-order valence-electron chi connectivity index (χ0n) is 8.58. The average molecular weight is 267 g/mol. The van der Waals surface area contributed by atoms with Gasteiger partial charge in [-0.1, -0.05) is 0 Å². The van der Waals surface area contributed by atoms with E-state index in [4.69, 9.17) is 0 Å². The molecule has 0 spiro atoms. The van der Waals surface area contributed by atoms with Crippen LogP contribution in [0.1, 0.15) is 12.6 Å². The highest BCUT2D eigenvalue weighted by Gasteiger charge is 2.04. The fraction of sp³-hybridized carbons (Fsp3) is 0.300. The van der Waals surface area contributed by atoms with Gasteiger partial charge < -0.3 is 5.32 Å². The molecule has 0 aliphatic heterocycles. The summed E-state index contributed by atoms with van der Waals surface area (Å²) in [5, 5.41) is 4.06. The number of hydrogen-bond acceptors (Lipinski definition) is 4. The van der Waals surface area contributed by atoms with Crippen LogP contribution >= 0.6 is 15.9 Å². The van der Waals surface area contributed by atoms with Crippen molar-refractivity contribution in [3.8, 4) is 0 Å². The van der Waals surface area contributed by atoms with Crippen LogP contribution in [0.4, 0.5) is 5.95 Å². The molecule has 15 heavy (non-hydrogen) atoms. The highest BCUT2D eigenvalue weighted by Crippen LogP contribution is 2.19. The fourth-order valence-electron chi connectivity index (χ4n) is 1.37. The van der Waals surface area contributed by atoms with E-state index in [1.54, 1.807) is 6.20 Å². The zero-order valence-corrected chi connectivity index (χ0v) is 10.2. The first-order chi connectivity index (χ1) is 7.20. The summed E-state index contributed by atoms with van der Waals surface area (Å²) in [5.41, 5.74) is 1.66. The number of anilines is 1. The molecular formula is C10H11BrN4. The monoisotopic (exact) mass is 266 g/mol. The topological polar surface area (TPSA) is 50.7 Å². The van der Waals surface area contributed by atoms with E-state index in [2.05, 4.69) is 36.2 Å². The molecule has 2 aromatic heterocycles. The first-order valence-electron chi connectivity index (χ1n) is 4.74. The van der Waals surface area contributed by atoms with Gasteiger partial charge >= 0.3 is 0 Å². The number of rotatable bonds is 2. The van der Waals surface area contributed by atoms with Gasteiger partial charge in [0.2, 0.25) is 5.95 Å². The highest BCUT2D eigenvalue weighted by atomic mass is 79.9. The van der Waals surface area contributed by atoms with E-state index >= 15 is 0 Å². The van der Waals surface area contributed by atoms with Gasteiger partial charge in [-0.25, -0.2) is 9.97 Å². The molecule has 0 unspecified atom stereocenters. The minimum atomic E-state index is 0.636. The van der Waals surface area contributed by atoms with E-state index in [0.29, 0.717) is 5.95 Å². The van der Waals surface area contributed by atoms with Crippen molar-refractivity contribution in [2.75, 3.05) is 11.9 Å². The van der Waals surface area contributed by atoms with Crippen LogP contribution in [0.3, 0.4) is 0 Å². The molecule has 2 aromatic rings. The van der Waals surface area contributed by atoms with Crippen LogP contribution in [0, 0.1) is 6.92 Å². The molecule has 0 bridgehead atoms. The predicted molar refractivity (Wildman–Crippen MR) is 63.9 cm³/mol. The lowest BCUT2D eigenvalue weighted by molar-refractivity contribution is 1.07. The van der Waals surface area contributed by atoms with Gasteiger partial charge in [0.05, 0.1) is 5.69 Å². The van der Waals surface area contributed by atoms with Crippen molar-refractivity contribution in [1.29, 1.82) is 0 Å². The Kier molecular flexibility index (Phi) is 2.81. The van der Waals surface area contributed by atoms with Gasteiger partial charge in [0.1, 0.15) is 0 Å². The van der Waals surface area contributed by atoms with Crippen LogP contribution in [0.2, 0.25) is 0 Å². The van der Waals surface area contributed by atoms with Crippen LogP contribution in [-0.2, 0) is 0 Å². The van der Waals surface area contributed by atoms with Gasteiger partial charge in [-0.3, -0.25) is 0 Å². The van der Waals surface area contributed by atoms with E-state index in [1.807, 2.05) is 19.9 Å². The maximum atomic E-state index is 4.35. The SMILES string of the molecule is CCNc1nc(C)c2cc(Br)cnc2n1. The lowest BCUT2D eigenvalue weighted by atomic mass is 10.2. The molecule has 0 aromatic carbocycles. The summed E-state index contributed by atoms with van der Waals surface area (Å²) in [6.07, 6.45) is 1.74.